The molecule has 0 amide bonds. The third-order valence-electron chi connectivity index (χ3n) is 3.89. The molecule has 2 rings (SSSR count). The standard InChI is InChI=1S/C15H23N3O3/c16-13-4-1-3-12(14(13)15(20)21)11-18-6-2-5-17(7-8-18)9-10-19/h1,3-4,19H,2,5-11,16H2,(H,20,21). The summed E-state index contributed by atoms with van der Waals surface area (Å²) in [5, 5.41) is 18.3. The van der Waals surface area contributed by atoms with Crippen molar-refractivity contribution < 1.29 is 15.0 Å². The minimum atomic E-state index is -0.972. The third-order valence-corrected chi connectivity index (χ3v) is 3.89. The average Bonchev–Trinajstić information content (AvgIpc) is 2.65. The summed E-state index contributed by atoms with van der Waals surface area (Å²) in [5.74, 6) is -0.972. The molecule has 1 fully saturated rings. The predicted octanol–water partition coefficient (Wildman–Crippen LogP) is 0.467. The molecule has 1 heterocycles. The summed E-state index contributed by atoms with van der Waals surface area (Å²) in [6.45, 7) is 5.14. The van der Waals surface area contributed by atoms with Crippen LogP contribution < -0.4 is 5.73 Å². The number of aliphatic hydroxyl groups excluding tert-OH is 1. The summed E-state index contributed by atoms with van der Waals surface area (Å²) in [6.07, 6.45) is 1.02. The van der Waals surface area contributed by atoms with E-state index in [4.69, 9.17) is 10.8 Å². The van der Waals surface area contributed by atoms with Crippen molar-refractivity contribution in [3.63, 3.8) is 0 Å². The summed E-state index contributed by atoms with van der Waals surface area (Å²) in [6, 6.07) is 5.25. The van der Waals surface area contributed by atoms with Crippen LogP contribution in [0, 0.1) is 0 Å². The molecule has 1 saturated heterocycles. The van der Waals surface area contributed by atoms with Crippen molar-refractivity contribution in [2.24, 2.45) is 0 Å². The summed E-state index contributed by atoms with van der Waals surface area (Å²) in [4.78, 5) is 15.8. The van der Waals surface area contributed by atoms with Gasteiger partial charge in [0.05, 0.1) is 12.2 Å². The SMILES string of the molecule is Nc1cccc(CN2CCCN(CCO)CC2)c1C(=O)O. The smallest absolute Gasteiger partial charge is 0.338 e. The predicted molar refractivity (Wildman–Crippen MR) is 81.2 cm³/mol. The number of carboxylic acids is 1. The fraction of sp³-hybridized carbons (Fsp3) is 0.533. The highest BCUT2D eigenvalue weighted by Crippen LogP contribution is 2.19. The second-order valence-electron chi connectivity index (χ2n) is 5.38. The summed E-state index contributed by atoms with van der Waals surface area (Å²) < 4.78 is 0. The number of carboxylic acid groups (broad SMARTS) is 1. The molecule has 0 bridgehead atoms. The fourth-order valence-electron chi connectivity index (χ4n) is 2.80. The number of anilines is 1. The molecule has 6 nitrogen and oxygen atoms in total. The van der Waals surface area contributed by atoms with Gasteiger partial charge in [0.2, 0.25) is 0 Å². The normalized spacial score (nSPS) is 17.6. The van der Waals surface area contributed by atoms with Crippen molar-refractivity contribution in [2.45, 2.75) is 13.0 Å². The lowest BCUT2D eigenvalue weighted by Gasteiger charge is -2.22. The molecule has 1 aliphatic rings. The third kappa shape index (κ3) is 4.17. The first-order chi connectivity index (χ1) is 10.1. The molecule has 0 radical (unpaired) electrons. The highest BCUT2D eigenvalue weighted by atomic mass is 16.4. The van der Waals surface area contributed by atoms with Crippen LogP contribution in [-0.2, 0) is 6.54 Å². The van der Waals surface area contributed by atoms with Gasteiger partial charge in [0.25, 0.3) is 0 Å². The molecule has 1 aliphatic heterocycles. The first-order valence-electron chi connectivity index (χ1n) is 7.28. The molecule has 0 unspecified atom stereocenters. The fourth-order valence-corrected chi connectivity index (χ4v) is 2.80. The Morgan fingerprint density at radius 1 is 1.19 bits per heavy atom. The van der Waals surface area contributed by atoms with Crippen molar-refractivity contribution in [1.29, 1.82) is 0 Å². The van der Waals surface area contributed by atoms with E-state index in [0.717, 1.165) is 38.2 Å². The Labute approximate surface area is 124 Å². The lowest BCUT2D eigenvalue weighted by atomic mass is 10.0. The number of rotatable bonds is 5. The van der Waals surface area contributed by atoms with E-state index >= 15 is 0 Å². The van der Waals surface area contributed by atoms with Crippen LogP contribution in [0.5, 0.6) is 0 Å². The number of nitrogen functional groups attached to an aromatic ring is 1. The molecule has 6 heteroatoms. The Balaban J connectivity index is 2.05. The number of β-amino-alcohol motifs (C(OH)–C–C–N with tert-alkyl or cyclic N) is 1. The Hall–Kier alpha value is -1.63. The van der Waals surface area contributed by atoms with Crippen LogP contribution in [0.1, 0.15) is 22.3 Å². The number of aromatic carboxylic acids is 1. The number of aliphatic hydroxyl groups is 1. The number of hydrogen-bond acceptors (Lipinski definition) is 5. The van der Waals surface area contributed by atoms with Gasteiger partial charge in [-0.25, -0.2) is 4.79 Å². The van der Waals surface area contributed by atoms with Crippen molar-refractivity contribution in [3.05, 3.63) is 29.3 Å². The topological polar surface area (TPSA) is 90.0 Å². The second kappa shape index (κ2) is 7.40. The van der Waals surface area contributed by atoms with Gasteiger partial charge >= 0.3 is 5.97 Å². The van der Waals surface area contributed by atoms with Crippen molar-refractivity contribution in [1.82, 2.24) is 9.80 Å². The molecule has 1 aromatic carbocycles. The van der Waals surface area contributed by atoms with Crippen LogP contribution in [0.3, 0.4) is 0 Å². The van der Waals surface area contributed by atoms with Crippen LogP contribution in [0.25, 0.3) is 0 Å². The van der Waals surface area contributed by atoms with Crippen LogP contribution in [0.15, 0.2) is 18.2 Å². The Kier molecular flexibility index (Phi) is 5.55. The molecule has 1 aromatic rings. The van der Waals surface area contributed by atoms with Gasteiger partial charge < -0.3 is 15.9 Å². The Morgan fingerprint density at radius 2 is 1.90 bits per heavy atom. The van der Waals surface area contributed by atoms with Gasteiger partial charge in [-0.1, -0.05) is 12.1 Å². The Morgan fingerprint density at radius 3 is 2.62 bits per heavy atom. The molecule has 116 valence electrons. The van der Waals surface area contributed by atoms with E-state index < -0.39 is 5.97 Å². The van der Waals surface area contributed by atoms with E-state index in [9.17, 15) is 9.90 Å². The van der Waals surface area contributed by atoms with Crippen LogP contribution in [0.4, 0.5) is 5.69 Å². The zero-order valence-corrected chi connectivity index (χ0v) is 12.2. The lowest BCUT2D eigenvalue weighted by molar-refractivity contribution is 0.0695. The van der Waals surface area contributed by atoms with Gasteiger partial charge in [-0.05, 0) is 31.1 Å². The molecule has 4 N–H and O–H groups in total. The highest BCUT2D eigenvalue weighted by molar-refractivity contribution is 5.95. The Bertz CT molecular complexity index is 493. The van der Waals surface area contributed by atoms with Gasteiger partial charge in [0.15, 0.2) is 0 Å². The first kappa shape index (κ1) is 15.8. The van der Waals surface area contributed by atoms with Crippen LogP contribution in [-0.4, -0.2) is 65.3 Å². The van der Waals surface area contributed by atoms with E-state index in [1.165, 1.54) is 0 Å². The van der Waals surface area contributed by atoms with Crippen molar-refractivity contribution in [2.75, 3.05) is 45.1 Å². The van der Waals surface area contributed by atoms with E-state index in [0.29, 0.717) is 18.8 Å². The minimum absolute atomic E-state index is 0.179. The highest BCUT2D eigenvalue weighted by Gasteiger charge is 2.18. The average molecular weight is 293 g/mol. The molecule has 0 atom stereocenters. The molecule has 0 spiro atoms. The number of benzene rings is 1. The number of carbonyl (C=O) groups is 1. The van der Waals surface area contributed by atoms with E-state index in [-0.39, 0.29) is 12.2 Å². The maximum Gasteiger partial charge on any atom is 0.338 e. The zero-order valence-electron chi connectivity index (χ0n) is 12.2. The molecule has 0 aromatic heterocycles. The molecule has 0 aliphatic carbocycles. The largest absolute Gasteiger partial charge is 0.478 e. The number of nitrogens with two attached hydrogens (primary N) is 1. The van der Waals surface area contributed by atoms with Crippen molar-refractivity contribution >= 4 is 11.7 Å². The van der Waals surface area contributed by atoms with Crippen LogP contribution >= 0.6 is 0 Å². The monoisotopic (exact) mass is 293 g/mol. The van der Waals surface area contributed by atoms with Gasteiger partial charge in [0.1, 0.15) is 0 Å². The minimum Gasteiger partial charge on any atom is -0.478 e. The summed E-state index contributed by atoms with van der Waals surface area (Å²) in [7, 11) is 0. The van der Waals surface area contributed by atoms with E-state index in [1.807, 2.05) is 6.07 Å². The van der Waals surface area contributed by atoms with Gasteiger partial charge in [0, 0.05) is 31.9 Å². The number of hydrogen-bond donors (Lipinski definition) is 3. The lowest BCUT2D eigenvalue weighted by Crippen LogP contribution is -2.32. The number of nitrogens with zero attached hydrogens (tertiary/aromatic N) is 2. The van der Waals surface area contributed by atoms with Crippen molar-refractivity contribution in [3.8, 4) is 0 Å². The molecule has 21 heavy (non-hydrogen) atoms. The van der Waals surface area contributed by atoms with Crippen LogP contribution in [0.2, 0.25) is 0 Å². The van der Waals surface area contributed by atoms with Gasteiger partial charge in [-0.3, -0.25) is 9.80 Å². The second-order valence-corrected chi connectivity index (χ2v) is 5.38. The van der Waals surface area contributed by atoms with Gasteiger partial charge in [-0.2, -0.15) is 0 Å². The summed E-state index contributed by atoms with van der Waals surface area (Å²) >= 11 is 0. The molecular weight excluding hydrogens is 270 g/mol. The maximum absolute atomic E-state index is 11.4. The van der Waals surface area contributed by atoms with Gasteiger partial charge in [-0.15, -0.1) is 0 Å². The van der Waals surface area contributed by atoms with E-state index in [2.05, 4.69) is 9.80 Å². The molecular formula is C15H23N3O3. The first-order valence-corrected chi connectivity index (χ1v) is 7.28. The summed E-state index contributed by atoms with van der Waals surface area (Å²) in [5.41, 5.74) is 7.08. The maximum atomic E-state index is 11.4. The van der Waals surface area contributed by atoms with E-state index in [1.54, 1.807) is 12.1 Å². The quantitative estimate of drug-likeness (QED) is 0.684. The zero-order chi connectivity index (χ0) is 15.2. The molecule has 0 saturated carbocycles.